The first-order valence-electron chi connectivity index (χ1n) is 10.7. The molecule has 0 bridgehead atoms. The van der Waals surface area contributed by atoms with Gasteiger partial charge in [0.15, 0.2) is 5.58 Å². The van der Waals surface area contributed by atoms with E-state index in [4.69, 9.17) is 20.9 Å². The Kier molecular flexibility index (Phi) is 7.60. The van der Waals surface area contributed by atoms with Gasteiger partial charge in [0.1, 0.15) is 11.6 Å². The molecule has 2 aromatic carbocycles. The molecule has 6 heteroatoms. The second-order valence-electron chi connectivity index (χ2n) is 8.24. The van der Waals surface area contributed by atoms with E-state index in [9.17, 15) is 4.79 Å². The van der Waals surface area contributed by atoms with Crippen LogP contribution in [0.4, 0.5) is 0 Å². The lowest BCUT2D eigenvalue weighted by atomic mass is 10.0. The molecule has 1 heterocycles. The predicted octanol–water partition coefficient (Wildman–Crippen LogP) is 3.69. The monoisotopic (exact) mass is 408 g/mol. The first-order valence-corrected chi connectivity index (χ1v) is 10.7. The van der Waals surface area contributed by atoms with Crippen LogP contribution in [0.15, 0.2) is 52.9 Å². The van der Waals surface area contributed by atoms with Crippen molar-refractivity contribution in [1.29, 1.82) is 0 Å². The third-order valence-corrected chi connectivity index (χ3v) is 5.10. The van der Waals surface area contributed by atoms with Crippen LogP contribution in [0, 0.1) is 5.92 Å². The number of carbonyl (C=O) groups excluding carboxylic acids is 1. The van der Waals surface area contributed by atoms with Crippen LogP contribution < -0.4 is 16.8 Å². The van der Waals surface area contributed by atoms with Crippen LogP contribution in [0.1, 0.15) is 56.2 Å². The molecule has 5 N–H and O–H groups in total. The number of benzene rings is 2. The molecule has 160 valence electrons. The lowest BCUT2D eigenvalue weighted by Crippen LogP contribution is -2.42. The van der Waals surface area contributed by atoms with Gasteiger partial charge in [0.2, 0.25) is 11.8 Å². The number of amides is 1. The third kappa shape index (κ3) is 5.90. The smallest absolute Gasteiger partial charge is 0.237 e. The summed E-state index contributed by atoms with van der Waals surface area (Å²) in [4.78, 5) is 17.2. The second kappa shape index (κ2) is 10.4. The summed E-state index contributed by atoms with van der Waals surface area (Å²) < 4.78 is 6.01. The quantitative estimate of drug-likeness (QED) is 0.474. The maximum Gasteiger partial charge on any atom is 0.237 e. The summed E-state index contributed by atoms with van der Waals surface area (Å²) in [5.74, 6) is 0.690. The van der Waals surface area contributed by atoms with E-state index in [1.807, 2.05) is 24.3 Å². The molecular formula is C24H32N4O2. The molecule has 1 amide bonds. The van der Waals surface area contributed by atoms with Gasteiger partial charge in [0.05, 0.1) is 6.04 Å². The number of nitrogens with two attached hydrogens (primary N) is 2. The van der Waals surface area contributed by atoms with Crippen molar-refractivity contribution in [2.75, 3.05) is 6.54 Å². The molecule has 3 rings (SSSR count). The van der Waals surface area contributed by atoms with Crippen LogP contribution in [0.25, 0.3) is 11.1 Å². The van der Waals surface area contributed by atoms with Crippen molar-refractivity contribution >= 4 is 17.0 Å². The summed E-state index contributed by atoms with van der Waals surface area (Å²) in [7, 11) is 0. The van der Waals surface area contributed by atoms with Gasteiger partial charge in [-0.3, -0.25) is 4.79 Å². The fraction of sp³-hybridized carbons (Fsp3) is 0.417. The maximum absolute atomic E-state index is 12.5. The summed E-state index contributed by atoms with van der Waals surface area (Å²) in [6, 6.07) is 15.5. The van der Waals surface area contributed by atoms with Gasteiger partial charge in [-0.25, -0.2) is 4.98 Å². The number of hydrogen-bond acceptors (Lipinski definition) is 5. The van der Waals surface area contributed by atoms with Gasteiger partial charge >= 0.3 is 0 Å². The molecule has 1 aromatic heterocycles. The Labute approximate surface area is 178 Å². The highest BCUT2D eigenvalue weighted by Crippen LogP contribution is 2.26. The summed E-state index contributed by atoms with van der Waals surface area (Å²) in [6.45, 7) is 4.73. The number of nitrogens with one attached hydrogen (secondary N) is 1. The maximum atomic E-state index is 12.5. The SMILES string of the molecule is CC(C)C[C@@H](NC(=O)[C@H](N)CCCN)c1nc2cc(Cc3ccccc3)ccc2o1. The number of hydrogen-bond donors (Lipinski definition) is 3. The first kappa shape index (κ1) is 22.0. The van der Waals surface area contributed by atoms with Crippen molar-refractivity contribution in [3.05, 3.63) is 65.5 Å². The Hall–Kier alpha value is -2.70. The minimum Gasteiger partial charge on any atom is -0.438 e. The van der Waals surface area contributed by atoms with Gasteiger partial charge in [0, 0.05) is 0 Å². The van der Waals surface area contributed by atoms with Gasteiger partial charge in [-0.2, -0.15) is 0 Å². The van der Waals surface area contributed by atoms with E-state index in [1.54, 1.807) is 0 Å². The average Bonchev–Trinajstić information content (AvgIpc) is 3.15. The number of aromatic nitrogens is 1. The van der Waals surface area contributed by atoms with Crippen LogP contribution in [-0.4, -0.2) is 23.5 Å². The van der Waals surface area contributed by atoms with Crippen molar-refractivity contribution in [3.63, 3.8) is 0 Å². The molecule has 3 aromatic rings. The molecule has 0 saturated heterocycles. The van der Waals surface area contributed by atoms with E-state index in [-0.39, 0.29) is 11.9 Å². The molecule has 0 unspecified atom stereocenters. The van der Waals surface area contributed by atoms with Crippen molar-refractivity contribution in [1.82, 2.24) is 10.3 Å². The van der Waals surface area contributed by atoms with Gasteiger partial charge in [0.25, 0.3) is 0 Å². The van der Waals surface area contributed by atoms with Crippen LogP contribution in [0.5, 0.6) is 0 Å². The van der Waals surface area contributed by atoms with Crippen molar-refractivity contribution in [2.45, 2.75) is 51.6 Å². The highest BCUT2D eigenvalue weighted by atomic mass is 16.3. The first-order chi connectivity index (χ1) is 14.5. The number of oxazole rings is 1. The summed E-state index contributed by atoms with van der Waals surface area (Å²) in [6.07, 6.45) is 2.84. The lowest BCUT2D eigenvalue weighted by Gasteiger charge is -2.20. The van der Waals surface area contributed by atoms with E-state index < -0.39 is 6.04 Å². The van der Waals surface area contributed by atoms with E-state index in [2.05, 4.69) is 43.4 Å². The topological polar surface area (TPSA) is 107 Å². The van der Waals surface area contributed by atoms with Gasteiger partial charge < -0.3 is 21.2 Å². The fourth-order valence-corrected chi connectivity index (χ4v) is 3.52. The van der Waals surface area contributed by atoms with Gasteiger partial charge in [-0.05, 0) is 61.4 Å². The number of rotatable bonds is 10. The Bertz CT molecular complexity index is 952. The average molecular weight is 409 g/mol. The van der Waals surface area contributed by atoms with E-state index >= 15 is 0 Å². The molecule has 0 radical (unpaired) electrons. The fourth-order valence-electron chi connectivity index (χ4n) is 3.52. The molecular weight excluding hydrogens is 376 g/mol. The Morgan fingerprint density at radius 1 is 1.13 bits per heavy atom. The molecule has 2 atom stereocenters. The minimum atomic E-state index is -0.579. The highest BCUT2D eigenvalue weighted by Gasteiger charge is 2.24. The number of fused-ring (bicyclic) bond motifs is 1. The number of nitrogens with zero attached hydrogens (tertiary/aromatic N) is 1. The van der Waals surface area contributed by atoms with Crippen LogP contribution in [0.2, 0.25) is 0 Å². The molecule has 0 aliphatic carbocycles. The summed E-state index contributed by atoms with van der Waals surface area (Å²) in [5, 5.41) is 3.03. The molecule has 0 aliphatic heterocycles. The van der Waals surface area contributed by atoms with Gasteiger partial charge in [-0.1, -0.05) is 50.2 Å². The van der Waals surface area contributed by atoms with Crippen molar-refractivity contribution in [3.8, 4) is 0 Å². The largest absolute Gasteiger partial charge is 0.438 e. The van der Waals surface area contributed by atoms with E-state index in [0.717, 1.165) is 30.4 Å². The zero-order valence-corrected chi connectivity index (χ0v) is 17.8. The Morgan fingerprint density at radius 3 is 2.60 bits per heavy atom. The number of carbonyl (C=O) groups is 1. The molecule has 0 saturated carbocycles. The predicted molar refractivity (Wildman–Crippen MR) is 120 cm³/mol. The Morgan fingerprint density at radius 2 is 1.90 bits per heavy atom. The zero-order valence-electron chi connectivity index (χ0n) is 17.8. The van der Waals surface area contributed by atoms with Crippen molar-refractivity contribution in [2.24, 2.45) is 17.4 Å². The molecule has 0 aliphatic rings. The second-order valence-corrected chi connectivity index (χ2v) is 8.24. The minimum absolute atomic E-state index is 0.193. The molecule has 30 heavy (non-hydrogen) atoms. The van der Waals surface area contributed by atoms with Crippen LogP contribution in [0.3, 0.4) is 0 Å². The van der Waals surface area contributed by atoms with Gasteiger partial charge in [-0.15, -0.1) is 0 Å². The van der Waals surface area contributed by atoms with Crippen LogP contribution >= 0.6 is 0 Å². The van der Waals surface area contributed by atoms with E-state index in [1.165, 1.54) is 11.1 Å². The zero-order chi connectivity index (χ0) is 21.5. The normalized spacial score (nSPS) is 13.5. The lowest BCUT2D eigenvalue weighted by molar-refractivity contribution is -0.123. The standard InChI is InChI=1S/C24H32N4O2/c1-16(2)13-21(27-23(29)19(26)9-6-12-25)24-28-20-15-18(10-11-22(20)30-24)14-17-7-4-3-5-8-17/h3-5,7-8,10-11,15-16,19,21H,6,9,12-14,25-26H2,1-2H3,(H,27,29)/t19-,21-/m1/s1. The summed E-state index contributed by atoms with van der Waals surface area (Å²) in [5.41, 5.74) is 15.5. The Balaban J connectivity index is 1.79. The molecule has 0 spiro atoms. The molecule has 6 nitrogen and oxygen atoms in total. The van der Waals surface area contributed by atoms with Crippen molar-refractivity contribution < 1.29 is 9.21 Å². The molecule has 0 fully saturated rings. The van der Waals surface area contributed by atoms with E-state index in [0.29, 0.717) is 24.8 Å². The highest BCUT2D eigenvalue weighted by molar-refractivity contribution is 5.82. The third-order valence-electron chi connectivity index (χ3n) is 5.10. The van der Waals surface area contributed by atoms with Crippen LogP contribution in [-0.2, 0) is 11.2 Å². The summed E-state index contributed by atoms with van der Waals surface area (Å²) >= 11 is 0.